The molecular weight excluding hydrogens is 411 g/mol. The van der Waals surface area contributed by atoms with Gasteiger partial charge in [0.25, 0.3) is 5.69 Å². The first-order valence-corrected chi connectivity index (χ1v) is 8.58. The summed E-state index contributed by atoms with van der Waals surface area (Å²) in [6.45, 7) is 5.73. The van der Waals surface area contributed by atoms with Gasteiger partial charge in [-0.25, -0.2) is 0 Å². The average molecular weight is 434 g/mol. The van der Waals surface area contributed by atoms with Crippen LogP contribution in [0.25, 0.3) is 0 Å². The van der Waals surface area contributed by atoms with Gasteiger partial charge in [0, 0.05) is 49.5 Å². The summed E-state index contributed by atoms with van der Waals surface area (Å²) < 4.78 is 0. The first kappa shape index (κ1) is 23.3. The number of hydrogen-bond acceptors (Lipinski definition) is 5. The second kappa shape index (κ2) is 9.99. The fraction of sp³-hybridized carbons (Fsp3) is 0.333. The molecule has 0 spiro atoms. The van der Waals surface area contributed by atoms with E-state index in [1.165, 1.54) is 5.56 Å². The Kier molecular flexibility index (Phi) is 8.62. The highest BCUT2D eigenvalue weighted by Gasteiger charge is 2.24. The molecule has 148 valence electrons. The summed E-state index contributed by atoms with van der Waals surface area (Å²) >= 11 is 6.04. The van der Waals surface area contributed by atoms with Gasteiger partial charge in [-0.2, -0.15) is 0 Å². The van der Waals surface area contributed by atoms with Crippen molar-refractivity contribution in [2.24, 2.45) is 0 Å². The van der Waals surface area contributed by atoms with Crippen molar-refractivity contribution in [2.75, 3.05) is 36.8 Å². The lowest BCUT2D eigenvalue weighted by Crippen LogP contribution is -2.46. The number of hydrogen-bond donors (Lipinski definition) is 1. The highest BCUT2D eigenvalue weighted by Crippen LogP contribution is 2.33. The maximum Gasteiger partial charge on any atom is 0.292 e. The predicted molar refractivity (Wildman–Crippen MR) is 116 cm³/mol. The minimum Gasteiger partial charge on any atom is -0.398 e. The summed E-state index contributed by atoms with van der Waals surface area (Å²) in [5.74, 6) is 0. The first-order chi connectivity index (χ1) is 11.9. The molecule has 0 aliphatic carbocycles. The van der Waals surface area contributed by atoms with Crippen LogP contribution in [0.15, 0.2) is 36.4 Å². The van der Waals surface area contributed by atoms with E-state index in [0.29, 0.717) is 11.4 Å². The Labute approximate surface area is 176 Å². The number of anilines is 2. The van der Waals surface area contributed by atoms with Crippen molar-refractivity contribution < 1.29 is 4.92 Å². The van der Waals surface area contributed by atoms with Crippen LogP contribution in [0.4, 0.5) is 17.1 Å². The Morgan fingerprint density at radius 3 is 2.41 bits per heavy atom. The maximum atomic E-state index is 11.4. The molecule has 27 heavy (non-hydrogen) atoms. The van der Waals surface area contributed by atoms with Crippen LogP contribution in [0.1, 0.15) is 11.1 Å². The third kappa shape index (κ3) is 5.62. The number of piperazine rings is 1. The monoisotopic (exact) mass is 432 g/mol. The first-order valence-electron chi connectivity index (χ1n) is 8.20. The van der Waals surface area contributed by atoms with Gasteiger partial charge in [-0.05, 0) is 36.2 Å². The summed E-state index contributed by atoms with van der Waals surface area (Å²) in [6.07, 6.45) is 0. The van der Waals surface area contributed by atoms with Gasteiger partial charge in [-0.3, -0.25) is 15.0 Å². The second-order valence-corrected chi connectivity index (χ2v) is 6.78. The SMILES string of the molecule is Cc1cc([N+](=O)[O-])c(N2CCN(Cc3cccc(Cl)c3)CC2)cc1N.Cl.Cl. The van der Waals surface area contributed by atoms with Crippen molar-refractivity contribution in [3.05, 3.63) is 62.7 Å². The molecule has 0 aromatic heterocycles. The molecule has 0 unspecified atom stereocenters. The van der Waals surface area contributed by atoms with E-state index in [4.69, 9.17) is 17.3 Å². The molecule has 2 aromatic carbocycles. The van der Waals surface area contributed by atoms with Crippen LogP contribution in [-0.4, -0.2) is 36.0 Å². The highest BCUT2D eigenvalue weighted by atomic mass is 35.5. The zero-order valence-corrected chi connectivity index (χ0v) is 17.3. The molecule has 2 N–H and O–H groups in total. The number of nitrogens with zero attached hydrogens (tertiary/aromatic N) is 3. The van der Waals surface area contributed by atoms with E-state index in [0.717, 1.165) is 43.3 Å². The molecule has 1 aliphatic heterocycles. The number of nitrogens with two attached hydrogens (primary N) is 1. The Bertz CT molecular complexity index is 796. The van der Waals surface area contributed by atoms with Gasteiger partial charge in [-0.1, -0.05) is 23.7 Å². The van der Waals surface area contributed by atoms with Gasteiger partial charge in [0.2, 0.25) is 0 Å². The van der Waals surface area contributed by atoms with Crippen molar-refractivity contribution in [1.29, 1.82) is 0 Å². The third-order valence-electron chi connectivity index (χ3n) is 4.57. The summed E-state index contributed by atoms with van der Waals surface area (Å²) in [4.78, 5) is 15.4. The molecule has 0 bridgehead atoms. The van der Waals surface area contributed by atoms with E-state index in [9.17, 15) is 10.1 Å². The molecule has 0 amide bonds. The molecule has 3 rings (SSSR count). The van der Waals surface area contributed by atoms with Crippen LogP contribution in [0.2, 0.25) is 5.02 Å². The van der Waals surface area contributed by atoms with E-state index < -0.39 is 0 Å². The largest absolute Gasteiger partial charge is 0.398 e. The number of halogens is 3. The number of aryl methyl sites for hydroxylation is 1. The van der Waals surface area contributed by atoms with E-state index in [1.807, 2.05) is 23.1 Å². The Morgan fingerprint density at radius 1 is 1.15 bits per heavy atom. The van der Waals surface area contributed by atoms with Gasteiger partial charge in [0.15, 0.2) is 0 Å². The summed E-state index contributed by atoms with van der Waals surface area (Å²) in [6, 6.07) is 11.1. The molecule has 9 heteroatoms. The van der Waals surface area contributed by atoms with Gasteiger partial charge < -0.3 is 10.6 Å². The maximum absolute atomic E-state index is 11.4. The quantitative estimate of drug-likeness (QED) is 0.442. The molecule has 0 saturated carbocycles. The molecule has 6 nitrogen and oxygen atoms in total. The van der Waals surface area contributed by atoms with Crippen molar-refractivity contribution in [1.82, 2.24) is 4.90 Å². The van der Waals surface area contributed by atoms with E-state index in [-0.39, 0.29) is 35.4 Å². The van der Waals surface area contributed by atoms with Gasteiger partial charge in [0.05, 0.1) is 4.92 Å². The lowest BCUT2D eigenvalue weighted by molar-refractivity contribution is -0.384. The van der Waals surface area contributed by atoms with Crippen LogP contribution < -0.4 is 10.6 Å². The minimum absolute atomic E-state index is 0. The molecule has 1 fully saturated rings. The molecule has 1 saturated heterocycles. The van der Waals surface area contributed by atoms with Crippen LogP contribution in [0.5, 0.6) is 0 Å². The topological polar surface area (TPSA) is 75.6 Å². The minimum atomic E-state index is -0.333. The fourth-order valence-electron chi connectivity index (χ4n) is 3.14. The predicted octanol–water partition coefficient (Wildman–Crippen LogP) is 4.30. The lowest BCUT2D eigenvalue weighted by atomic mass is 10.1. The van der Waals surface area contributed by atoms with Gasteiger partial charge in [-0.15, -0.1) is 24.8 Å². The lowest BCUT2D eigenvalue weighted by Gasteiger charge is -2.36. The third-order valence-corrected chi connectivity index (χ3v) is 4.80. The van der Waals surface area contributed by atoms with Crippen LogP contribution >= 0.6 is 36.4 Å². The van der Waals surface area contributed by atoms with E-state index in [2.05, 4.69) is 11.0 Å². The smallest absolute Gasteiger partial charge is 0.292 e. The molecule has 1 aliphatic rings. The Morgan fingerprint density at radius 2 is 1.81 bits per heavy atom. The second-order valence-electron chi connectivity index (χ2n) is 6.35. The zero-order chi connectivity index (χ0) is 18.0. The standard InChI is InChI=1S/C18H21ClN4O2.2ClH/c1-13-9-18(23(24)25)17(11-16(13)20)22-7-5-21(6-8-22)12-14-3-2-4-15(19)10-14;;/h2-4,9-11H,5-8,12,20H2,1H3;2*1H. The number of nitro groups is 1. The molecule has 2 aromatic rings. The average Bonchev–Trinajstić information content (AvgIpc) is 2.57. The number of nitro benzene ring substituents is 1. The van der Waals surface area contributed by atoms with Crippen molar-refractivity contribution in [3.8, 4) is 0 Å². The summed E-state index contributed by atoms with van der Waals surface area (Å²) in [5, 5.41) is 12.1. The summed E-state index contributed by atoms with van der Waals surface area (Å²) in [5.41, 5.74) is 9.18. The highest BCUT2D eigenvalue weighted by molar-refractivity contribution is 6.30. The number of nitrogen functional groups attached to an aromatic ring is 1. The normalized spacial score (nSPS) is 14.2. The molecule has 0 radical (unpaired) electrons. The van der Waals surface area contributed by atoms with Crippen LogP contribution in [-0.2, 0) is 6.54 Å². The van der Waals surface area contributed by atoms with Gasteiger partial charge in [0.1, 0.15) is 5.69 Å². The summed E-state index contributed by atoms with van der Waals surface area (Å²) in [7, 11) is 0. The van der Waals surface area contributed by atoms with Crippen LogP contribution in [0.3, 0.4) is 0 Å². The van der Waals surface area contributed by atoms with Crippen molar-refractivity contribution in [2.45, 2.75) is 13.5 Å². The van der Waals surface area contributed by atoms with E-state index >= 15 is 0 Å². The van der Waals surface area contributed by atoms with Crippen molar-refractivity contribution in [3.63, 3.8) is 0 Å². The zero-order valence-electron chi connectivity index (χ0n) is 14.9. The fourth-order valence-corrected chi connectivity index (χ4v) is 3.35. The Hall–Kier alpha value is -1.73. The molecular formula is C18H23Cl3N4O2. The van der Waals surface area contributed by atoms with E-state index in [1.54, 1.807) is 19.1 Å². The van der Waals surface area contributed by atoms with Crippen molar-refractivity contribution >= 4 is 53.5 Å². The number of benzene rings is 2. The van der Waals surface area contributed by atoms with Gasteiger partial charge >= 0.3 is 0 Å². The van der Waals surface area contributed by atoms with Crippen LogP contribution in [0, 0.1) is 17.0 Å². The number of rotatable bonds is 4. The Balaban J connectivity index is 0.00000182. The molecule has 1 heterocycles. The molecule has 0 atom stereocenters.